The Bertz CT molecular complexity index is 346. The van der Waals surface area contributed by atoms with Crippen LogP contribution < -0.4 is 139 Å². The van der Waals surface area contributed by atoms with Gasteiger partial charge in [0.05, 0.1) is 17.9 Å². The molecule has 14 heteroatoms. The molecule has 0 aliphatic rings. The van der Waals surface area contributed by atoms with Gasteiger partial charge in [-0.05, 0) is 6.29 Å². The van der Waals surface area contributed by atoms with Crippen LogP contribution in [0.4, 0.5) is 0 Å². The zero-order valence-electron chi connectivity index (χ0n) is 14.5. The van der Waals surface area contributed by atoms with Crippen molar-refractivity contribution in [2.24, 2.45) is 0 Å². The van der Waals surface area contributed by atoms with E-state index in [-0.39, 0.29) is 131 Å². The number of aliphatic hydroxyl groups excluding tert-OH is 1. The molecule has 0 heterocycles. The second kappa shape index (κ2) is 21.5. The third kappa shape index (κ3) is 24.2. The van der Waals surface area contributed by atoms with Crippen LogP contribution >= 0.6 is 0 Å². The molecule has 0 bridgehead atoms. The van der Waals surface area contributed by atoms with Gasteiger partial charge in [-0.2, -0.15) is 0 Å². The number of rotatable bonds is 11. The molecule has 1 atom stereocenters. The molecule has 0 saturated heterocycles. The number of aliphatic hydroxyl groups is 1. The van der Waals surface area contributed by atoms with Crippen molar-refractivity contribution in [2.45, 2.75) is 6.29 Å². The summed E-state index contributed by atoms with van der Waals surface area (Å²) in [5.41, 5.74) is 0. The molecule has 0 radical (unpaired) electrons. The van der Waals surface area contributed by atoms with E-state index in [4.69, 9.17) is 5.11 Å². The predicted molar refractivity (Wildman–Crippen MR) is 53.9 cm³/mol. The summed E-state index contributed by atoms with van der Waals surface area (Å²) in [6, 6.07) is 0. The van der Waals surface area contributed by atoms with Gasteiger partial charge >= 0.3 is 118 Å². The van der Waals surface area contributed by atoms with Crippen molar-refractivity contribution in [1.29, 1.82) is 0 Å². The van der Waals surface area contributed by atoms with Crippen LogP contribution in [-0.2, 0) is 14.4 Å². The van der Waals surface area contributed by atoms with E-state index >= 15 is 0 Å². The first-order chi connectivity index (χ1) is 9.20. The number of nitrogens with zero attached hydrogens (tertiary/aromatic N) is 2. The van der Waals surface area contributed by atoms with Gasteiger partial charge in [-0.25, -0.2) is 0 Å². The quantitative estimate of drug-likeness (QED) is 0.267. The molecular formula is C10H14N2Na4O8. The van der Waals surface area contributed by atoms with Crippen LogP contribution in [0.1, 0.15) is 0 Å². The number of hydrogen-bond acceptors (Lipinski definition) is 10. The normalized spacial score (nSPS) is 10.5. The van der Waals surface area contributed by atoms with E-state index in [0.29, 0.717) is 0 Å². The zero-order chi connectivity index (χ0) is 15.7. The third-order valence-electron chi connectivity index (χ3n) is 2.20. The van der Waals surface area contributed by atoms with E-state index < -0.39 is 50.4 Å². The van der Waals surface area contributed by atoms with Crippen LogP contribution in [0.5, 0.6) is 0 Å². The summed E-state index contributed by atoms with van der Waals surface area (Å²) in [6.45, 7) is -2.85. The average molecular weight is 382 g/mol. The van der Waals surface area contributed by atoms with Crippen molar-refractivity contribution >= 4 is 17.9 Å². The van der Waals surface area contributed by atoms with E-state index in [1.54, 1.807) is 0 Å². The number of carboxylic acid groups (broad SMARTS) is 3. The van der Waals surface area contributed by atoms with E-state index in [1.165, 1.54) is 0 Å². The van der Waals surface area contributed by atoms with E-state index in [2.05, 4.69) is 0 Å². The van der Waals surface area contributed by atoms with Crippen LogP contribution in [0.3, 0.4) is 0 Å². The minimum Gasteiger partial charge on any atom is -0.830 e. The molecular weight excluding hydrogens is 368 g/mol. The first-order valence-corrected chi connectivity index (χ1v) is 5.58. The minimum atomic E-state index is -2.04. The van der Waals surface area contributed by atoms with Gasteiger partial charge in [-0.3, -0.25) is 9.80 Å². The fourth-order valence-corrected chi connectivity index (χ4v) is 1.50. The van der Waals surface area contributed by atoms with Crippen LogP contribution in [-0.4, -0.2) is 78.4 Å². The number of carboxylic acids is 3. The van der Waals surface area contributed by atoms with Gasteiger partial charge in [0.15, 0.2) is 0 Å². The predicted octanol–water partition coefficient (Wildman–Crippen LogP) is -19.5. The monoisotopic (exact) mass is 382 g/mol. The Labute approximate surface area is 228 Å². The van der Waals surface area contributed by atoms with Crippen molar-refractivity contribution in [2.75, 3.05) is 39.3 Å². The first kappa shape index (κ1) is 37.1. The number of carbonyl (C=O) groups excluding carboxylic acids is 3. The van der Waals surface area contributed by atoms with Gasteiger partial charge in [0.2, 0.25) is 0 Å². The van der Waals surface area contributed by atoms with E-state index in [1.807, 2.05) is 0 Å². The maximum Gasteiger partial charge on any atom is 1.00 e. The van der Waals surface area contributed by atoms with E-state index in [0.717, 1.165) is 9.80 Å². The molecule has 1 N–H and O–H groups in total. The second-order valence-electron chi connectivity index (χ2n) is 4.02. The third-order valence-corrected chi connectivity index (χ3v) is 2.20. The average Bonchev–Trinajstić information content (AvgIpc) is 2.22. The fourth-order valence-electron chi connectivity index (χ4n) is 1.50. The van der Waals surface area contributed by atoms with Crippen molar-refractivity contribution in [3.05, 3.63) is 0 Å². The smallest absolute Gasteiger partial charge is 0.830 e. The van der Waals surface area contributed by atoms with Crippen molar-refractivity contribution < 1.29 is 158 Å². The number of aliphatic carboxylic acids is 3. The summed E-state index contributed by atoms with van der Waals surface area (Å²) < 4.78 is 0. The summed E-state index contributed by atoms with van der Waals surface area (Å²) in [7, 11) is 0. The Hall–Kier alpha value is 2.25. The van der Waals surface area contributed by atoms with Gasteiger partial charge in [0, 0.05) is 39.3 Å². The Balaban J connectivity index is -0.000000301. The van der Waals surface area contributed by atoms with Gasteiger partial charge in [0.1, 0.15) is 0 Å². The zero-order valence-corrected chi connectivity index (χ0v) is 22.5. The summed E-state index contributed by atoms with van der Waals surface area (Å²) in [5, 5.41) is 50.5. The first-order valence-electron chi connectivity index (χ1n) is 5.58. The van der Waals surface area contributed by atoms with Crippen LogP contribution in [0, 0.1) is 0 Å². The van der Waals surface area contributed by atoms with Crippen LogP contribution in [0.15, 0.2) is 0 Å². The molecule has 0 amide bonds. The molecule has 0 aliphatic heterocycles. The topological polar surface area (TPSA) is 170 Å². The molecule has 0 spiro atoms. The van der Waals surface area contributed by atoms with Crippen LogP contribution in [0.2, 0.25) is 0 Å². The summed E-state index contributed by atoms with van der Waals surface area (Å²) in [4.78, 5) is 33.2. The van der Waals surface area contributed by atoms with Gasteiger partial charge in [-0.15, -0.1) is 0 Å². The molecule has 10 nitrogen and oxygen atoms in total. The molecule has 0 saturated carbocycles. The molecule has 0 aromatic carbocycles. The standard InChI is InChI=1S/C10H17N2O8.4Na/c13-7(14)3-11(4-8(15)16)1-2-12(5-9(17)18)6-10(19)20;;;;/h7,13H,1-6H2,(H,15,16)(H,17,18)(H,19,20);;;;/q-1;4*+1/p-3. The van der Waals surface area contributed by atoms with Crippen LogP contribution in [0.25, 0.3) is 0 Å². The summed E-state index contributed by atoms with van der Waals surface area (Å²) >= 11 is 0. The molecule has 116 valence electrons. The Morgan fingerprint density at radius 3 is 1.33 bits per heavy atom. The van der Waals surface area contributed by atoms with Gasteiger partial charge in [0.25, 0.3) is 0 Å². The van der Waals surface area contributed by atoms with Crippen molar-refractivity contribution in [3.63, 3.8) is 0 Å². The fraction of sp³-hybridized carbons (Fsp3) is 0.700. The summed E-state index contributed by atoms with van der Waals surface area (Å²) in [5.74, 6) is -4.51. The molecule has 1 unspecified atom stereocenters. The minimum absolute atomic E-state index is 0. The van der Waals surface area contributed by atoms with Crippen molar-refractivity contribution in [3.8, 4) is 0 Å². The molecule has 0 rings (SSSR count). The number of carbonyl (C=O) groups is 3. The maximum atomic E-state index is 10.6. The van der Waals surface area contributed by atoms with Gasteiger partial charge in [-0.1, -0.05) is 0 Å². The molecule has 24 heavy (non-hydrogen) atoms. The SMILES string of the molecule is O=C([O-])CN(CCN(CC(=O)[O-])CC([O-])O)CC(=O)[O-].[Na+].[Na+].[Na+].[Na+]. The molecule has 0 aliphatic carbocycles. The Kier molecular flexibility index (Phi) is 33.3. The maximum absolute atomic E-state index is 10.6. The molecule has 0 aromatic rings. The second-order valence-corrected chi connectivity index (χ2v) is 4.02. The Morgan fingerprint density at radius 2 is 1.04 bits per heavy atom. The number of hydrogen-bond donors (Lipinski definition) is 1. The van der Waals surface area contributed by atoms with Crippen molar-refractivity contribution in [1.82, 2.24) is 9.80 Å². The largest absolute Gasteiger partial charge is 1.00 e. The molecule has 0 aromatic heterocycles. The van der Waals surface area contributed by atoms with Gasteiger partial charge < -0.3 is 39.9 Å². The molecule has 0 fully saturated rings. The Morgan fingerprint density at radius 1 is 0.750 bits per heavy atom. The summed E-state index contributed by atoms with van der Waals surface area (Å²) in [6.07, 6.45) is -2.04. The van der Waals surface area contributed by atoms with E-state index in [9.17, 15) is 34.8 Å².